The molecule has 1 aromatic heterocycles. The maximum Gasteiger partial charge on any atom is 0.300 e. The van der Waals surface area contributed by atoms with Crippen molar-refractivity contribution >= 4 is 46.3 Å². The molecule has 3 aromatic rings. The largest absolute Gasteiger partial charge is 0.507 e. The highest BCUT2D eigenvalue weighted by molar-refractivity contribution is 6.51. The third-order valence-electron chi connectivity index (χ3n) is 5.24. The predicted molar refractivity (Wildman–Crippen MR) is 125 cm³/mol. The lowest BCUT2D eigenvalue weighted by molar-refractivity contribution is -0.132. The number of aromatic nitrogens is 1. The first-order valence-corrected chi connectivity index (χ1v) is 10.5. The summed E-state index contributed by atoms with van der Waals surface area (Å²) in [6, 6.07) is 13.6. The SMILES string of the molecule is COc1ccc(N2C(=O)C(=O)/C(=C(/O)c3cc(Cl)c(OC)c(Cl)c3)C2c2ccccn2)cc1. The molecule has 1 saturated heterocycles. The van der Waals surface area contributed by atoms with Crippen molar-refractivity contribution in [2.24, 2.45) is 0 Å². The smallest absolute Gasteiger partial charge is 0.300 e. The fourth-order valence-corrected chi connectivity index (χ4v) is 4.35. The minimum Gasteiger partial charge on any atom is -0.507 e. The number of rotatable bonds is 5. The van der Waals surface area contributed by atoms with Crippen LogP contribution in [0.4, 0.5) is 5.69 Å². The molecule has 9 heteroatoms. The summed E-state index contributed by atoms with van der Waals surface area (Å²) in [4.78, 5) is 31.9. The summed E-state index contributed by atoms with van der Waals surface area (Å²) in [5.41, 5.74) is 0.879. The standard InChI is InChI=1S/C24H18Cl2N2O5/c1-32-15-8-6-14(7-9-15)28-20(18-5-3-4-10-27-18)19(22(30)24(28)31)21(29)13-11-16(25)23(33-2)17(26)12-13/h3-12,20,29H,1-2H3/b21-19+. The van der Waals surface area contributed by atoms with Gasteiger partial charge < -0.3 is 14.6 Å². The molecule has 1 N–H and O–H groups in total. The van der Waals surface area contributed by atoms with E-state index >= 15 is 0 Å². The summed E-state index contributed by atoms with van der Waals surface area (Å²) in [5, 5.41) is 11.5. The van der Waals surface area contributed by atoms with Crippen LogP contribution in [0.5, 0.6) is 11.5 Å². The number of nitrogens with zero attached hydrogens (tertiary/aromatic N) is 2. The van der Waals surface area contributed by atoms with E-state index in [4.69, 9.17) is 32.7 Å². The zero-order valence-corrected chi connectivity index (χ0v) is 19.1. The molecule has 0 aliphatic carbocycles. The molecule has 168 valence electrons. The van der Waals surface area contributed by atoms with Gasteiger partial charge in [0.05, 0.1) is 35.5 Å². The van der Waals surface area contributed by atoms with Crippen LogP contribution in [0.15, 0.2) is 66.4 Å². The summed E-state index contributed by atoms with van der Waals surface area (Å²) in [6.07, 6.45) is 1.55. The van der Waals surface area contributed by atoms with Gasteiger partial charge in [-0.1, -0.05) is 29.3 Å². The number of aliphatic hydroxyl groups is 1. The number of Topliss-reactive ketones (excluding diaryl/α,β-unsaturated/α-hetero) is 1. The van der Waals surface area contributed by atoms with Crippen LogP contribution in [0.3, 0.4) is 0 Å². The Hall–Kier alpha value is -3.55. The van der Waals surface area contributed by atoms with E-state index in [1.165, 1.54) is 31.3 Å². The minimum absolute atomic E-state index is 0.133. The summed E-state index contributed by atoms with van der Waals surface area (Å²) in [6.45, 7) is 0. The molecule has 1 unspecified atom stereocenters. The van der Waals surface area contributed by atoms with Gasteiger partial charge in [0.1, 0.15) is 17.6 Å². The van der Waals surface area contributed by atoms with Crippen molar-refractivity contribution in [1.82, 2.24) is 4.98 Å². The van der Waals surface area contributed by atoms with Gasteiger partial charge in [-0.25, -0.2) is 0 Å². The van der Waals surface area contributed by atoms with Crippen LogP contribution in [-0.4, -0.2) is 36.0 Å². The van der Waals surface area contributed by atoms with Crippen LogP contribution >= 0.6 is 23.2 Å². The molecule has 33 heavy (non-hydrogen) atoms. The number of hydrogen-bond donors (Lipinski definition) is 1. The average molecular weight is 485 g/mol. The highest BCUT2D eigenvalue weighted by atomic mass is 35.5. The predicted octanol–water partition coefficient (Wildman–Crippen LogP) is 5.03. The highest BCUT2D eigenvalue weighted by Crippen LogP contribution is 2.43. The van der Waals surface area contributed by atoms with Gasteiger partial charge in [0.2, 0.25) is 0 Å². The van der Waals surface area contributed by atoms with Crippen LogP contribution in [0.1, 0.15) is 17.3 Å². The lowest BCUT2D eigenvalue weighted by Crippen LogP contribution is -2.29. The van der Waals surface area contributed by atoms with E-state index in [0.29, 0.717) is 17.1 Å². The summed E-state index contributed by atoms with van der Waals surface area (Å²) < 4.78 is 10.3. The summed E-state index contributed by atoms with van der Waals surface area (Å²) in [5.74, 6) is -1.27. The number of carbonyl (C=O) groups is 2. The van der Waals surface area contributed by atoms with E-state index in [9.17, 15) is 14.7 Å². The topological polar surface area (TPSA) is 89.0 Å². The van der Waals surface area contributed by atoms with Gasteiger partial charge >= 0.3 is 0 Å². The van der Waals surface area contributed by atoms with E-state index in [1.807, 2.05) is 0 Å². The van der Waals surface area contributed by atoms with E-state index in [-0.39, 0.29) is 26.9 Å². The van der Waals surface area contributed by atoms with Crippen LogP contribution < -0.4 is 14.4 Å². The van der Waals surface area contributed by atoms with Crippen molar-refractivity contribution in [3.8, 4) is 11.5 Å². The van der Waals surface area contributed by atoms with Crippen molar-refractivity contribution in [3.63, 3.8) is 0 Å². The molecule has 7 nitrogen and oxygen atoms in total. The molecule has 1 amide bonds. The zero-order chi connectivity index (χ0) is 23.7. The molecule has 1 atom stereocenters. The monoisotopic (exact) mass is 484 g/mol. The quantitative estimate of drug-likeness (QED) is 0.310. The number of pyridine rings is 1. The maximum absolute atomic E-state index is 13.2. The first-order valence-electron chi connectivity index (χ1n) is 9.76. The van der Waals surface area contributed by atoms with E-state index in [0.717, 1.165) is 0 Å². The second-order valence-corrected chi connectivity index (χ2v) is 7.91. The molecule has 1 aliphatic rings. The number of anilines is 1. The maximum atomic E-state index is 13.2. The minimum atomic E-state index is -0.973. The van der Waals surface area contributed by atoms with E-state index in [2.05, 4.69) is 4.98 Å². The normalized spacial score (nSPS) is 17.3. The fourth-order valence-electron chi connectivity index (χ4n) is 3.71. The van der Waals surface area contributed by atoms with Crippen molar-refractivity contribution in [2.75, 3.05) is 19.1 Å². The number of aliphatic hydroxyl groups excluding tert-OH is 1. The van der Waals surface area contributed by atoms with E-state index < -0.39 is 23.5 Å². The fraction of sp³-hybridized carbons (Fsp3) is 0.125. The zero-order valence-electron chi connectivity index (χ0n) is 17.6. The van der Waals surface area contributed by atoms with Crippen molar-refractivity contribution in [1.29, 1.82) is 0 Å². The van der Waals surface area contributed by atoms with Crippen molar-refractivity contribution in [2.45, 2.75) is 6.04 Å². The second-order valence-electron chi connectivity index (χ2n) is 7.09. The number of ether oxygens (including phenoxy) is 2. The summed E-state index contributed by atoms with van der Waals surface area (Å²) >= 11 is 12.5. The second kappa shape index (κ2) is 9.13. The Bertz CT molecular complexity index is 1240. The lowest BCUT2D eigenvalue weighted by Gasteiger charge is -2.24. The third kappa shape index (κ3) is 4.01. The molecular weight excluding hydrogens is 467 g/mol. The Morgan fingerprint density at radius 2 is 1.67 bits per heavy atom. The lowest BCUT2D eigenvalue weighted by atomic mass is 9.98. The Kier molecular flexibility index (Phi) is 6.26. The molecule has 1 fully saturated rings. The Labute approximate surface area is 199 Å². The number of methoxy groups -OCH3 is 2. The molecule has 2 aromatic carbocycles. The Balaban J connectivity index is 1.92. The van der Waals surface area contributed by atoms with Gasteiger partial charge in [-0.15, -0.1) is 0 Å². The average Bonchev–Trinajstić information content (AvgIpc) is 3.09. The van der Waals surface area contributed by atoms with Gasteiger partial charge in [0.25, 0.3) is 11.7 Å². The van der Waals surface area contributed by atoms with Crippen LogP contribution in [0, 0.1) is 0 Å². The molecule has 0 bridgehead atoms. The summed E-state index contributed by atoms with van der Waals surface area (Å²) in [7, 11) is 2.94. The Morgan fingerprint density at radius 1 is 1.00 bits per heavy atom. The number of benzene rings is 2. The van der Waals surface area contributed by atoms with Gasteiger partial charge in [-0.05, 0) is 48.5 Å². The number of amides is 1. The molecule has 4 rings (SSSR count). The third-order valence-corrected chi connectivity index (χ3v) is 5.80. The van der Waals surface area contributed by atoms with Crippen LogP contribution in [0.2, 0.25) is 10.0 Å². The van der Waals surface area contributed by atoms with E-state index in [1.54, 1.807) is 48.7 Å². The van der Waals surface area contributed by atoms with Gasteiger partial charge in [-0.3, -0.25) is 19.5 Å². The molecule has 0 saturated carbocycles. The van der Waals surface area contributed by atoms with Crippen molar-refractivity contribution < 1.29 is 24.2 Å². The number of carbonyl (C=O) groups excluding carboxylic acids is 2. The van der Waals surface area contributed by atoms with Gasteiger partial charge in [-0.2, -0.15) is 0 Å². The first-order chi connectivity index (χ1) is 15.9. The molecule has 0 radical (unpaired) electrons. The Morgan fingerprint density at radius 3 is 2.21 bits per heavy atom. The van der Waals surface area contributed by atoms with Gasteiger partial charge in [0, 0.05) is 17.4 Å². The molecular formula is C24H18Cl2N2O5. The molecule has 1 aliphatic heterocycles. The molecule has 2 heterocycles. The van der Waals surface area contributed by atoms with Crippen LogP contribution in [0.25, 0.3) is 5.76 Å². The molecule has 0 spiro atoms. The van der Waals surface area contributed by atoms with Crippen molar-refractivity contribution in [3.05, 3.63) is 87.7 Å². The van der Waals surface area contributed by atoms with Gasteiger partial charge in [0.15, 0.2) is 5.75 Å². The number of hydrogen-bond acceptors (Lipinski definition) is 6. The highest BCUT2D eigenvalue weighted by Gasteiger charge is 2.47. The number of ketones is 1. The number of halogens is 2. The van der Waals surface area contributed by atoms with Crippen LogP contribution in [-0.2, 0) is 9.59 Å². The first kappa shape index (κ1) is 22.6.